The molecule has 1 fully saturated rings. The summed E-state index contributed by atoms with van der Waals surface area (Å²) in [5, 5.41) is 32.2. The van der Waals surface area contributed by atoms with E-state index in [9.17, 15) is 34.2 Å². The summed E-state index contributed by atoms with van der Waals surface area (Å²) >= 11 is 0. The molecule has 33 heavy (non-hydrogen) atoms. The van der Waals surface area contributed by atoms with Crippen LogP contribution in [0.15, 0.2) is 24.3 Å². The summed E-state index contributed by atoms with van der Waals surface area (Å²) in [6.45, 7) is 1.44. The van der Waals surface area contributed by atoms with Gasteiger partial charge in [-0.3, -0.25) is 24.0 Å². The van der Waals surface area contributed by atoms with E-state index in [0.717, 1.165) is 4.90 Å². The van der Waals surface area contributed by atoms with Crippen LogP contribution in [0.3, 0.4) is 0 Å². The third kappa shape index (κ3) is 7.17. The quantitative estimate of drug-likeness (QED) is 0.246. The molecule has 0 radical (unpaired) electrons. The lowest BCUT2D eigenvalue weighted by Crippen LogP contribution is -2.57. The molecular weight excluding hydrogens is 436 g/mol. The summed E-state index contributed by atoms with van der Waals surface area (Å²) in [7, 11) is 0. The predicted octanol–water partition coefficient (Wildman–Crippen LogP) is -1.20. The van der Waals surface area contributed by atoms with Crippen LogP contribution >= 0.6 is 0 Å². The van der Waals surface area contributed by atoms with Crippen molar-refractivity contribution in [2.75, 3.05) is 6.54 Å². The maximum absolute atomic E-state index is 13.1. The number of rotatable bonds is 10. The number of aliphatic carboxylic acids is 2. The van der Waals surface area contributed by atoms with Gasteiger partial charge in [0.05, 0.1) is 12.5 Å². The molecule has 1 aliphatic rings. The number of nitrogens with zero attached hydrogens (tertiary/aromatic N) is 1. The van der Waals surface area contributed by atoms with Gasteiger partial charge in [-0.05, 0) is 43.9 Å². The molecule has 2 rings (SSSR count). The van der Waals surface area contributed by atoms with E-state index in [2.05, 4.69) is 10.6 Å². The van der Waals surface area contributed by atoms with Gasteiger partial charge < -0.3 is 36.6 Å². The fraction of sp³-hybridized carbons (Fsp3) is 0.476. The fourth-order valence-electron chi connectivity index (χ4n) is 3.51. The Kier molecular flexibility index (Phi) is 8.74. The number of carbonyl (C=O) groups excluding carboxylic acids is 3. The van der Waals surface area contributed by atoms with Crippen LogP contribution in [-0.4, -0.2) is 80.6 Å². The van der Waals surface area contributed by atoms with Gasteiger partial charge >= 0.3 is 11.9 Å². The molecule has 0 aromatic heterocycles. The molecule has 1 aromatic carbocycles. The van der Waals surface area contributed by atoms with E-state index in [4.69, 9.17) is 10.8 Å². The smallest absolute Gasteiger partial charge is 0.325 e. The molecule has 12 heteroatoms. The van der Waals surface area contributed by atoms with Crippen molar-refractivity contribution in [3.8, 4) is 5.75 Å². The number of phenolic OH excluding ortho intramolecular Hbond substituents is 1. The van der Waals surface area contributed by atoms with Crippen LogP contribution in [0.2, 0.25) is 0 Å². The van der Waals surface area contributed by atoms with Crippen molar-refractivity contribution in [2.24, 2.45) is 5.73 Å². The molecule has 4 atom stereocenters. The lowest BCUT2D eigenvalue weighted by molar-refractivity contribution is -0.147. The normalized spacial score (nSPS) is 18.1. The van der Waals surface area contributed by atoms with Gasteiger partial charge in [0.1, 0.15) is 23.9 Å². The van der Waals surface area contributed by atoms with Crippen molar-refractivity contribution in [2.45, 2.75) is 56.8 Å². The molecule has 7 N–H and O–H groups in total. The summed E-state index contributed by atoms with van der Waals surface area (Å²) in [5.74, 6) is -4.70. The Morgan fingerprint density at radius 1 is 1.12 bits per heavy atom. The number of phenols is 1. The summed E-state index contributed by atoms with van der Waals surface area (Å²) < 4.78 is 0. The molecule has 3 amide bonds. The highest BCUT2D eigenvalue weighted by atomic mass is 16.4. The number of carbonyl (C=O) groups is 5. The van der Waals surface area contributed by atoms with E-state index in [1.807, 2.05) is 0 Å². The number of amides is 3. The molecule has 1 aliphatic heterocycles. The zero-order valence-corrected chi connectivity index (χ0v) is 18.1. The number of nitrogens with one attached hydrogen (secondary N) is 2. The number of hydrogen-bond acceptors (Lipinski definition) is 7. The Bertz CT molecular complexity index is 904. The SMILES string of the molecule is CC(NC(=O)C1CCCN1C(=O)C(CC(=O)O)NC(=O)C(N)Cc1ccc(O)cc1)C(=O)O. The van der Waals surface area contributed by atoms with Gasteiger partial charge in [0, 0.05) is 6.54 Å². The first kappa shape index (κ1) is 25.6. The highest BCUT2D eigenvalue weighted by molar-refractivity contribution is 5.96. The standard InChI is InChI=1S/C21H28N4O8/c1-11(21(32)33)23-19(30)16-3-2-8-25(16)20(31)15(10-17(27)28)24-18(29)14(22)9-12-4-6-13(26)7-5-12/h4-7,11,14-16,26H,2-3,8-10,22H2,1H3,(H,23,30)(H,24,29)(H,27,28)(H,32,33). The average molecular weight is 464 g/mol. The number of likely N-dealkylation sites (tertiary alicyclic amines) is 1. The van der Waals surface area contributed by atoms with Crippen molar-refractivity contribution < 1.29 is 39.3 Å². The molecule has 180 valence electrons. The first-order valence-electron chi connectivity index (χ1n) is 10.4. The summed E-state index contributed by atoms with van der Waals surface area (Å²) in [6.07, 6.45) is 0.103. The van der Waals surface area contributed by atoms with E-state index in [-0.39, 0.29) is 25.1 Å². The Morgan fingerprint density at radius 3 is 2.33 bits per heavy atom. The van der Waals surface area contributed by atoms with Gasteiger partial charge in [-0.15, -0.1) is 0 Å². The molecule has 12 nitrogen and oxygen atoms in total. The van der Waals surface area contributed by atoms with Crippen molar-refractivity contribution in [1.29, 1.82) is 0 Å². The predicted molar refractivity (Wildman–Crippen MR) is 114 cm³/mol. The molecule has 4 unspecified atom stereocenters. The lowest BCUT2D eigenvalue weighted by Gasteiger charge is -2.29. The Balaban J connectivity index is 2.09. The summed E-state index contributed by atoms with van der Waals surface area (Å²) in [5.41, 5.74) is 6.57. The van der Waals surface area contributed by atoms with Crippen LogP contribution in [0.4, 0.5) is 0 Å². The number of hydrogen-bond donors (Lipinski definition) is 6. The van der Waals surface area contributed by atoms with Gasteiger partial charge in [0.15, 0.2) is 0 Å². The highest BCUT2D eigenvalue weighted by Crippen LogP contribution is 2.20. The van der Waals surface area contributed by atoms with E-state index < -0.39 is 60.2 Å². The van der Waals surface area contributed by atoms with Gasteiger partial charge in [-0.2, -0.15) is 0 Å². The van der Waals surface area contributed by atoms with Crippen molar-refractivity contribution in [3.05, 3.63) is 29.8 Å². The Morgan fingerprint density at radius 2 is 1.76 bits per heavy atom. The molecule has 1 heterocycles. The molecule has 0 spiro atoms. The second-order valence-electron chi connectivity index (χ2n) is 7.89. The Labute approximate surface area is 189 Å². The average Bonchev–Trinajstić information content (AvgIpc) is 3.23. The fourth-order valence-corrected chi connectivity index (χ4v) is 3.51. The monoisotopic (exact) mass is 464 g/mol. The largest absolute Gasteiger partial charge is 0.508 e. The minimum Gasteiger partial charge on any atom is -0.508 e. The maximum atomic E-state index is 13.1. The summed E-state index contributed by atoms with van der Waals surface area (Å²) in [6, 6.07) is 1.34. The van der Waals surface area contributed by atoms with Crippen molar-refractivity contribution in [3.63, 3.8) is 0 Å². The third-order valence-electron chi connectivity index (χ3n) is 5.29. The molecular formula is C21H28N4O8. The third-order valence-corrected chi connectivity index (χ3v) is 5.29. The van der Waals surface area contributed by atoms with Crippen molar-refractivity contribution >= 4 is 29.7 Å². The van der Waals surface area contributed by atoms with Crippen LogP contribution < -0.4 is 16.4 Å². The van der Waals surface area contributed by atoms with Crippen molar-refractivity contribution in [1.82, 2.24) is 15.5 Å². The number of benzene rings is 1. The first-order chi connectivity index (χ1) is 15.5. The lowest BCUT2D eigenvalue weighted by atomic mass is 10.0. The minimum atomic E-state index is -1.45. The number of carboxylic acid groups (broad SMARTS) is 2. The second-order valence-corrected chi connectivity index (χ2v) is 7.89. The van der Waals surface area contributed by atoms with Gasteiger partial charge in [-0.1, -0.05) is 12.1 Å². The van der Waals surface area contributed by atoms with E-state index in [1.165, 1.54) is 19.1 Å². The van der Waals surface area contributed by atoms with E-state index in [1.54, 1.807) is 12.1 Å². The molecule has 0 saturated carbocycles. The molecule has 0 aliphatic carbocycles. The topological polar surface area (TPSA) is 199 Å². The highest BCUT2D eigenvalue weighted by Gasteiger charge is 2.39. The van der Waals surface area contributed by atoms with Crippen LogP contribution in [0, 0.1) is 0 Å². The zero-order chi connectivity index (χ0) is 24.7. The van der Waals surface area contributed by atoms with Gasteiger partial charge in [-0.25, -0.2) is 0 Å². The van der Waals surface area contributed by atoms with Crippen LogP contribution in [0.1, 0.15) is 31.7 Å². The Hall–Kier alpha value is -3.67. The van der Waals surface area contributed by atoms with Gasteiger partial charge in [0.25, 0.3) is 0 Å². The zero-order valence-electron chi connectivity index (χ0n) is 18.1. The molecule has 1 saturated heterocycles. The number of aromatic hydroxyl groups is 1. The van der Waals surface area contributed by atoms with Crippen LogP contribution in [0.5, 0.6) is 5.75 Å². The van der Waals surface area contributed by atoms with Crippen LogP contribution in [0.25, 0.3) is 0 Å². The first-order valence-corrected chi connectivity index (χ1v) is 10.4. The summed E-state index contributed by atoms with van der Waals surface area (Å²) in [4.78, 5) is 61.6. The molecule has 0 bridgehead atoms. The number of nitrogens with two attached hydrogens (primary N) is 1. The molecule has 1 aromatic rings. The van der Waals surface area contributed by atoms with Crippen LogP contribution in [-0.2, 0) is 30.4 Å². The van der Waals surface area contributed by atoms with E-state index >= 15 is 0 Å². The maximum Gasteiger partial charge on any atom is 0.325 e. The van der Waals surface area contributed by atoms with Gasteiger partial charge in [0.2, 0.25) is 17.7 Å². The number of carboxylic acids is 2. The second kappa shape index (κ2) is 11.3. The minimum absolute atomic E-state index is 0.0471. The van der Waals surface area contributed by atoms with E-state index in [0.29, 0.717) is 12.0 Å².